The van der Waals surface area contributed by atoms with Crippen LogP contribution < -0.4 is 10.9 Å². The van der Waals surface area contributed by atoms with Crippen molar-refractivity contribution in [1.82, 2.24) is 14.3 Å². The van der Waals surface area contributed by atoms with Gasteiger partial charge in [-0.05, 0) is 20.8 Å². The summed E-state index contributed by atoms with van der Waals surface area (Å²) in [5.74, 6) is -0.0673. The second kappa shape index (κ2) is 4.87. The lowest BCUT2D eigenvalue weighted by atomic mass is 10.3. The Labute approximate surface area is 110 Å². The Balaban J connectivity index is 2.57. The second-order valence-electron chi connectivity index (χ2n) is 4.81. The van der Waals surface area contributed by atoms with Gasteiger partial charge in [0.2, 0.25) is 0 Å². The summed E-state index contributed by atoms with van der Waals surface area (Å²) >= 11 is 0. The third-order valence-corrected chi connectivity index (χ3v) is 2.78. The van der Waals surface area contributed by atoms with E-state index < -0.39 is 5.82 Å². The zero-order valence-electron chi connectivity index (χ0n) is 11.4. The monoisotopic (exact) mass is 264 g/mol. The van der Waals surface area contributed by atoms with E-state index >= 15 is 0 Å². The van der Waals surface area contributed by atoms with Crippen molar-refractivity contribution in [2.45, 2.75) is 26.8 Å². The number of rotatable bonds is 3. The third kappa shape index (κ3) is 2.67. The Hall–Kier alpha value is -2.11. The van der Waals surface area contributed by atoms with Crippen molar-refractivity contribution in [2.24, 2.45) is 7.05 Å². The number of hydrogen-bond acceptors (Lipinski definition) is 3. The van der Waals surface area contributed by atoms with E-state index in [4.69, 9.17) is 0 Å². The summed E-state index contributed by atoms with van der Waals surface area (Å²) in [5, 5.41) is 7.13. The molecule has 0 amide bonds. The second-order valence-corrected chi connectivity index (χ2v) is 4.81. The van der Waals surface area contributed by atoms with Crippen molar-refractivity contribution in [1.29, 1.82) is 0 Å². The number of hydrogen-bond donors (Lipinski definition) is 1. The molecule has 0 bridgehead atoms. The average molecular weight is 264 g/mol. The fourth-order valence-electron chi connectivity index (χ4n) is 1.79. The van der Waals surface area contributed by atoms with Crippen LogP contribution in [0, 0.1) is 12.7 Å². The van der Waals surface area contributed by atoms with E-state index in [9.17, 15) is 9.18 Å². The molecule has 0 unspecified atom stereocenters. The van der Waals surface area contributed by atoms with Crippen LogP contribution >= 0.6 is 0 Å². The summed E-state index contributed by atoms with van der Waals surface area (Å²) < 4.78 is 16.5. The Bertz CT molecular complexity index is 638. The number of nitrogens with one attached hydrogen (secondary N) is 1. The van der Waals surface area contributed by atoms with Crippen molar-refractivity contribution >= 4 is 5.69 Å². The highest BCUT2D eigenvalue weighted by Gasteiger charge is 2.12. The van der Waals surface area contributed by atoms with Gasteiger partial charge in [0.15, 0.2) is 5.82 Å². The maximum atomic E-state index is 13.6. The number of anilines is 1. The first-order valence-electron chi connectivity index (χ1n) is 6.08. The van der Waals surface area contributed by atoms with Gasteiger partial charge in [-0.2, -0.15) is 5.10 Å². The van der Waals surface area contributed by atoms with Crippen LogP contribution in [0.25, 0.3) is 5.82 Å². The molecule has 102 valence electrons. The molecule has 0 spiro atoms. The predicted molar refractivity (Wildman–Crippen MR) is 72.3 cm³/mol. The molecule has 0 radical (unpaired) electrons. The van der Waals surface area contributed by atoms with Gasteiger partial charge in [0.25, 0.3) is 5.56 Å². The first-order chi connectivity index (χ1) is 8.88. The van der Waals surface area contributed by atoms with Gasteiger partial charge in [0, 0.05) is 30.9 Å². The molecule has 0 saturated carbocycles. The third-order valence-electron chi connectivity index (χ3n) is 2.78. The summed E-state index contributed by atoms with van der Waals surface area (Å²) in [6.07, 6.45) is 1.15. The molecule has 19 heavy (non-hydrogen) atoms. The Morgan fingerprint density at radius 3 is 2.58 bits per heavy atom. The van der Waals surface area contributed by atoms with Crippen LogP contribution in [0.15, 0.2) is 23.1 Å². The molecule has 1 N–H and O–H groups in total. The van der Waals surface area contributed by atoms with Crippen LogP contribution in [0.1, 0.15) is 19.5 Å². The minimum absolute atomic E-state index is 0.0495. The summed E-state index contributed by atoms with van der Waals surface area (Å²) in [6, 6.07) is 2.99. The van der Waals surface area contributed by atoms with E-state index in [1.807, 2.05) is 20.8 Å². The molecular weight excluding hydrogens is 247 g/mol. The van der Waals surface area contributed by atoms with Crippen LogP contribution in [-0.4, -0.2) is 20.4 Å². The van der Waals surface area contributed by atoms with Crippen molar-refractivity contribution in [3.63, 3.8) is 0 Å². The molecule has 6 heteroatoms. The SMILES string of the molecule is Cc1cc(-n2cc(F)cc(NC(C)C)c2=O)nn1C. The van der Waals surface area contributed by atoms with Gasteiger partial charge in [-0.3, -0.25) is 14.0 Å². The minimum atomic E-state index is -0.481. The number of nitrogens with zero attached hydrogens (tertiary/aromatic N) is 3. The van der Waals surface area contributed by atoms with Gasteiger partial charge in [-0.25, -0.2) is 4.39 Å². The van der Waals surface area contributed by atoms with Crippen molar-refractivity contribution in [3.05, 3.63) is 40.2 Å². The van der Waals surface area contributed by atoms with Crippen LogP contribution in [0.5, 0.6) is 0 Å². The molecule has 0 fully saturated rings. The molecule has 2 aromatic heterocycles. The Kier molecular flexibility index (Phi) is 3.42. The highest BCUT2D eigenvalue weighted by atomic mass is 19.1. The van der Waals surface area contributed by atoms with Crippen LogP contribution in [0.4, 0.5) is 10.1 Å². The van der Waals surface area contributed by atoms with E-state index in [0.717, 1.165) is 11.9 Å². The number of pyridine rings is 1. The highest BCUT2D eigenvalue weighted by molar-refractivity contribution is 5.44. The molecule has 0 aromatic carbocycles. The van der Waals surface area contributed by atoms with Crippen LogP contribution in [-0.2, 0) is 7.05 Å². The Morgan fingerprint density at radius 1 is 1.37 bits per heavy atom. The van der Waals surface area contributed by atoms with Crippen molar-refractivity contribution < 1.29 is 4.39 Å². The zero-order chi connectivity index (χ0) is 14.2. The largest absolute Gasteiger partial charge is 0.378 e. The maximum Gasteiger partial charge on any atom is 0.279 e. The summed E-state index contributed by atoms with van der Waals surface area (Å²) in [7, 11) is 1.77. The zero-order valence-corrected chi connectivity index (χ0v) is 11.4. The minimum Gasteiger partial charge on any atom is -0.378 e. The van der Waals surface area contributed by atoms with E-state index in [1.54, 1.807) is 17.8 Å². The molecule has 0 saturated heterocycles. The molecule has 0 aliphatic heterocycles. The molecule has 2 aromatic rings. The molecule has 0 aliphatic carbocycles. The van der Waals surface area contributed by atoms with E-state index in [-0.39, 0.29) is 17.3 Å². The number of aromatic nitrogens is 3. The van der Waals surface area contributed by atoms with Crippen LogP contribution in [0.3, 0.4) is 0 Å². The number of halogens is 1. The molecular formula is C13H17FN4O. The Morgan fingerprint density at radius 2 is 2.05 bits per heavy atom. The van der Waals surface area contributed by atoms with Gasteiger partial charge in [0.05, 0.1) is 6.20 Å². The van der Waals surface area contributed by atoms with Crippen molar-refractivity contribution in [3.8, 4) is 5.82 Å². The van der Waals surface area contributed by atoms with Crippen LogP contribution in [0.2, 0.25) is 0 Å². The summed E-state index contributed by atoms with van der Waals surface area (Å²) in [4.78, 5) is 12.3. The molecule has 2 rings (SSSR count). The normalized spacial score (nSPS) is 11.1. The van der Waals surface area contributed by atoms with Gasteiger partial charge in [0.1, 0.15) is 11.5 Å². The maximum absolute atomic E-state index is 13.6. The van der Waals surface area contributed by atoms with Crippen molar-refractivity contribution in [2.75, 3.05) is 5.32 Å². The lowest BCUT2D eigenvalue weighted by Crippen LogP contribution is -2.25. The predicted octanol–water partition coefficient (Wildman–Crippen LogP) is 1.84. The van der Waals surface area contributed by atoms with E-state index in [0.29, 0.717) is 5.82 Å². The number of aryl methyl sites for hydroxylation is 2. The molecule has 5 nitrogen and oxygen atoms in total. The van der Waals surface area contributed by atoms with Gasteiger partial charge in [-0.1, -0.05) is 0 Å². The highest BCUT2D eigenvalue weighted by Crippen LogP contribution is 2.10. The standard InChI is InChI=1S/C13H17FN4O/c1-8(2)15-11-6-10(14)7-18(13(11)19)12-5-9(3)17(4)16-12/h5-8,15H,1-4H3. The fourth-order valence-corrected chi connectivity index (χ4v) is 1.79. The first-order valence-corrected chi connectivity index (χ1v) is 6.08. The van der Waals surface area contributed by atoms with E-state index in [1.165, 1.54) is 10.6 Å². The molecule has 0 atom stereocenters. The first kappa shape index (κ1) is 13.3. The van der Waals surface area contributed by atoms with Gasteiger partial charge in [-0.15, -0.1) is 0 Å². The van der Waals surface area contributed by atoms with Gasteiger partial charge >= 0.3 is 0 Å². The molecule has 0 aliphatic rings. The lowest BCUT2D eigenvalue weighted by molar-refractivity contribution is 0.610. The van der Waals surface area contributed by atoms with E-state index in [2.05, 4.69) is 10.4 Å². The average Bonchev–Trinajstić information content (AvgIpc) is 2.63. The van der Waals surface area contributed by atoms with Gasteiger partial charge < -0.3 is 5.32 Å². The fraction of sp³-hybridized carbons (Fsp3) is 0.385. The summed E-state index contributed by atoms with van der Waals surface area (Å²) in [5.41, 5.74) is 0.816. The molecule has 2 heterocycles. The summed E-state index contributed by atoms with van der Waals surface area (Å²) in [6.45, 7) is 5.65. The lowest BCUT2D eigenvalue weighted by Gasteiger charge is -2.11. The quantitative estimate of drug-likeness (QED) is 0.920. The smallest absolute Gasteiger partial charge is 0.279 e. The topological polar surface area (TPSA) is 51.9 Å².